The highest BCUT2D eigenvalue weighted by molar-refractivity contribution is 7.99. The van der Waals surface area contributed by atoms with Crippen LogP contribution in [-0.4, -0.2) is 50.3 Å². The van der Waals surface area contributed by atoms with Gasteiger partial charge in [-0.15, -0.1) is 11.8 Å². The normalized spacial score (nSPS) is 19.6. The molecule has 1 saturated carbocycles. The first kappa shape index (κ1) is 27.7. The van der Waals surface area contributed by atoms with Crippen molar-refractivity contribution in [1.82, 2.24) is 0 Å². The minimum atomic E-state index is -1.09. The smallest absolute Gasteiger partial charge is 0.303 e. The molecule has 2 unspecified atom stereocenters. The van der Waals surface area contributed by atoms with E-state index >= 15 is 0 Å². The zero-order valence-electron chi connectivity index (χ0n) is 20.8. The first-order valence-electron chi connectivity index (χ1n) is 12.4. The van der Waals surface area contributed by atoms with Gasteiger partial charge in [0.25, 0.3) is 0 Å². The molecule has 8 heteroatoms. The molecule has 0 aromatic heterocycles. The summed E-state index contributed by atoms with van der Waals surface area (Å²) in [7, 11) is 0. The minimum Gasteiger partial charge on any atom is -0.507 e. The summed E-state index contributed by atoms with van der Waals surface area (Å²) >= 11 is 1.47. The first-order valence-corrected chi connectivity index (χ1v) is 13.4. The highest BCUT2D eigenvalue weighted by Crippen LogP contribution is 2.39. The molecule has 1 aliphatic rings. The third kappa shape index (κ3) is 6.89. The van der Waals surface area contributed by atoms with Crippen molar-refractivity contribution in [3.05, 3.63) is 53.1 Å². The molecule has 0 bridgehead atoms. The van der Waals surface area contributed by atoms with Gasteiger partial charge in [-0.25, -0.2) is 0 Å². The number of rotatable bonds is 12. The molecule has 2 aromatic rings. The molecule has 0 aliphatic heterocycles. The number of aromatic hydroxyl groups is 1. The number of carboxylic acid groups (broad SMARTS) is 1. The lowest BCUT2D eigenvalue weighted by atomic mass is 9.83. The van der Waals surface area contributed by atoms with Crippen LogP contribution in [0.25, 0.3) is 0 Å². The maximum absolute atomic E-state index is 12.1. The average molecular weight is 515 g/mol. The lowest BCUT2D eigenvalue weighted by Gasteiger charge is -2.40. The van der Waals surface area contributed by atoms with Crippen LogP contribution in [0.15, 0.2) is 41.3 Å². The summed E-state index contributed by atoms with van der Waals surface area (Å²) in [6, 6.07) is 10.3. The molecule has 0 radical (unpaired) electrons. The van der Waals surface area contributed by atoms with Gasteiger partial charge in [-0.05, 0) is 56.9 Å². The maximum Gasteiger partial charge on any atom is 0.303 e. The topological polar surface area (TPSA) is 121 Å². The van der Waals surface area contributed by atoms with Crippen molar-refractivity contribution in [3.8, 4) is 11.5 Å². The number of thioether (sulfide) groups is 1. The summed E-state index contributed by atoms with van der Waals surface area (Å²) in [6.07, 6.45) is 3.68. The molecule has 2 atom stereocenters. The van der Waals surface area contributed by atoms with Gasteiger partial charge in [-0.3, -0.25) is 14.4 Å². The number of carboxylic acids is 1. The monoisotopic (exact) mass is 514 g/mol. The molecule has 3 N–H and O–H groups in total. The molecule has 3 rings (SSSR count). The fraction of sp³-hybridized carbons (Fsp3) is 0.464. The number of aliphatic hydroxyl groups is 1. The Hall–Kier alpha value is -2.84. The van der Waals surface area contributed by atoms with Gasteiger partial charge >= 0.3 is 5.97 Å². The molecule has 0 amide bonds. The predicted octanol–water partition coefficient (Wildman–Crippen LogP) is 5.44. The highest BCUT2D eigenvalue weighted by atomic mass is 32.2. The Kier molecular flexibility index (Phi) is 9.56. The largest absolute Gasteiger partial charge is 0.507 e. The Morgan fingerprint density at radius 2 is 1.81 bits per heavy atom. The van der Waals surface area contributed by atoms with Gasteiger partial charge < -0.3 is 20.1 Å². The van der Waals surface area contributed by atoms with Crippen molar-refractivity contribution >= 4 is 29.3 Å². The van der Waals surface area contributed by atoms with Gasteiger partial charge in [-0.2, -0.15) is 0 Å². The SMILES string of the molecule is CCCc1c(OC2CCCCC2(O)CSc2ccc(C(=O)CCC(=O)O)cc2)ccc(C(C)=O)c1O. The zero-order valence-corrected chi connectivity index (χ0v) is 21.6. The molecule has 1 fully saturated rings. The van der Waals surface area contributed by atoms with Crippen LogP contribution in [0.2, 0.25) is 0 Å². The second-order valence-corrected chi connectivity index (χ2v) is 10.4. The number of phenolic OH excluding ortho intramolecular Hbond substituents is 1. The van der Waals surface area contributed by atoms with Gasteiger partial charge in [0.05, 0.1) is 12.0 Å². The number of benzene rings is 2. The summed E-state index contributed by atoms with van der Waals surface area (Å²) in [5, 5.41) is 31.0. The number of ether oxygens (including phenoxy) is 1. The quantitative estimate of drug-likeness (QED) is 0.253. The summed E-state index contributed by atoms with van der Waals surface area (Å²) < 4.78 is 6.33. The van der Waals surface area contributed by atoms with Gasteiger partial charge in [0.1, 0.15) is 23.2 Å². The van der Waals surface area contributed by atoms with Gasteiger partial charge in [0, 0.05) is 28.2 Å². The summed E-state index contributed by atoms with van der Waals surface area (Å²) in [5.74, 6) is -0.580. The number of ketones is 2. The second kappa shape index (κ2) is 12.4. The van der Waals surface area contributed by atoms with E-state index in [1.165, 1.54) is 18.7 Å². The molecule has 0 spiro atoms. The van der Waals surface area contributed by atoms with Crippen LogP contribution in [0.1, 0.15) is 85.1 Å². The van der Waals surface area contributed by atoms with Crippen LogP contribution in [-0.2, 0) is 11.2 Å². The van der Waals surface area contributed by atoms with E-state index in [-0.39, 0.29) is 35.7 Å². The zero-order chi connectivity index (χ0) is 26.3. The molecule has 2 aromatic carbocycles. The van der Waals surface area contributed by atoms with Crippen LogP contribution in [0.5, 0.6) is 11.5 Å². The third-order valence-corrected chi connectivity index (χ3v) is 7.79. The number of Topliss-reactive ketones (excluding diaryl/α,β-unsaturated/α-hetero) is 2. The molecular formula is C28H34O7S. The number of hydrogen-bond donors (Lipinski definition) is 3. The third-order valence-electron chi connectivity index (χ3n) is 6.54. The first-order chi connectivity index (χ1) is 17.1. The van der Waals surface area contributed by atoms with Gasteiger partial charge in [0.2, 0.25) is 0 Å². The molecule has 194 valence electrons. The number of carbonyl (C=O) groups excluding carboxylic acids is 2. The Morgan fingerprint density at radius 3 is 2.44 bits per heavy atom. The molecule has 1 aliphatic carbocycles. The van der Waals surface area contributed by atoms with E-state index in [9.17, 15) is 24.6 Å². The van der Waals surface area contributed by atoms with Crippen molar-refractivity contribution in [1.29, 1.82) is 0 Å². The maximum atomic E-state index is 12.1. The molecule has 0 heterocycles. The highest BCUT2D eigenvalue weighted by Gasteiger charge is 2.41. The Morgan fingerprint density at radius 1 is 1.08 bits per heavy atom. The Balaban J connectivity index is 1.72. The van der Waals surface area contributed by atoms with E-state index in [2.05, 4.69) is 0 Å². The number of carbonyl (C=O) groups is 3. The van der Waals surface area contributed by atoms with Crippen LogP contribution in [0.4, 0.5) is 0 Å². The van der Waals surface area contributed by atoms with Crippen LogP contribution in [0, 0.1) is 0 Å². The lowest BCUT2D eigenvalue weighted by Crippen LogP contribution is -2.50. The minimum absolute atomic E-state index is 0.0381. The van der Waals surface area contributed by atoms with Crippen molar-refractivity contribution in [2.75, 3.05) is 5.75 Å². The van der Waals surface area contributed by atoms with Crippen LogP contribution in [0.3, 0.4) is 0 Å². The van der Waals surface area contributed by atoms with Crippen LogP contribution >= 0.6 is 11.8 Å². The molecule has 36 heavy (non-hydrogen) atoms. The molecular weight excluding hydrogens is 480 g/mol. The van der Waals surface area contributed by atoms with E-state index in [4.69, 9.17) is 9.84 Å². The van der Waals surface area contributed by atoms with Crippen molar-refractivity contribution in [2.45, 2.75) is 81.8 Å². The van der Waals surface area contributed by atoms with Crippen molar-refractivity contribution < 1.29 is 34.4 Å². The predicted molar refractivity (Wildman–Crippen MR) is 138 cm³/mol. The molecule has 7 nitrogen and oxygen atoms in total. The average Bonchev–Trinajstić information content (AvgIpc) is 2.85. The summed E-state index contributed by atoms with van der Waals surface area (Å²) in [4.78, 5) is 35.6. The fourth-order valence-corrected chi connectivity index (χ4v) is 5.57. The van der Waals surface area contributed by atoms with Gasteiger partial charge in [-0.1, -0.05) is 31.9 Å². The van der Waals surface area contributed by atoms with E-state index < -0.39 is 17.7 Å². The fourth-order valence-electron chi connectivity index (χ4n) is 4.49. The lowest BCUT2D eigenvalue weighted by molar-refractivity contribution is -0.136. The second-order valence-electron chi connectivity index (χ2n) is 9.33. The van der Waals surface area contributed by atoms with E-state index in [0.717, 1.165) is 24.2 Å². The standard InChI is InChI=1S/C28H34O7S/c1-3-6-22-24(14-12-21(18(2)29)27(22)33)35-25-7-4-5-16-28(25,34)17-36-20-10-8-19(9-11-20)23(30)13-15-26(31)32/h8-12,14,25,33-34H,3-7,13,15-17H2,1-2H3,(H,31,32). The van der Waals surface area contributed by atoms with E-state index in [1.807, 2.05) is 6.92 Å². The molecule has 0 saturated heterocycles. The van der Waals surface area contributed by atoms with Crippen molar-refractivity contribution in [2.24, 2.45) is 0 Å². The van der Waals surface area contributed by atoms with Crippen molar-refractivity contribution in [3.63, 3.8) is 0 Å². The summed E-state index contributed by atoms with van der Waals surface area (Å²) in [6.45, 7) is 3.41. The van der Waals surface area contributed by atoms with Crippen LogP contribution < -0.4 is 4.74 Å². The Labute approximate surface area is 215 Å². The number of phenols is 1. The van der Waals surface area contributed by atoms with E-state index in [0.29, 0.717) is 41.9 Å². The van der Waals surface area contributed by atoms with Gasteiger partial charge in [0.15, 0.2) is 11.6 Å². The number of aliphatic carboxylic acids is 1. The number of hydrogen-bond acceptors (Lipinski definition) is 7. The van der Waals surface area contributed by atoms with E-state index in [1.54, 1.807) is 36.4 Å². The summed E-state index contributed by atoms with van der Waals surface area (Å²) in [5.41, 5.74) is 0.242. The Bertz CT molecular complexity index is 1100.